The van der Waals surface area contributed by atoms with E-state index in [1.807, 2.05) is 0 Å². The van der Waals surface area contributed by atoms with Gasteiger partial charge in [0, 0.05) is 19.3 Å². The van der Waals surface area contributed by atoms with E-state index in [1.54, 1.807) is 0 Å². The number of carbonyl (C=O) groups is 3. The molecular formula is C75H126O16P2. The Labute approximate surface area is 563 Å². The molecule has 0 aliphatic rings. The number of esters is 3. The van der Waals surface area contributed by atoms with Gasteiger partial charge in [-0.25, -0.2) is 9.13 Å². The number of phosphoric acid groups is 2. The lowest BCUT2D eigenvalue weighted by molar-refractivity contribution is -0.161. The van der Waals surface area contributed by atoms with E-state index < -0.39 is 91.5 Å². The highest BCUT2D eigenvalue weighted by Crippen LogP contribution is 2.45. The fourth-order valence-corrected chi connectivity index (χ4v) is 10.6. The van der Waals surface area contributed by atoms with E-state index in [9.17, 15) is 43.5 Å². The lowest BCUT2D eigenvalue weighted by Crippen LogP contribution is -2.30. The zero-order valence-electron chi connectivity index (χ0n) is 57.6. The second kappa shape index (κ2) is 67.7. The van der Waals surface area contributed by atoms with E-state index in [2.05, 4.69) is 154 Å². The van der Waals surface area contributed by atoms with Crippen molar-refractivity contribution in [1.29, 1.82) is 0 Å². The fourth-order valence-electron chi connectivity index (χ4n) is 8.97. The lowest BCUT2D eigenvalue weighted by Gasteiger charge is -2.21. The van der Waals surface area contributed by atoms with Gasteiger partial charge in [0.1, 0.15) is 25.4 Å². The van der Waals surface area contributed by atoms with Gasteiger partial charge in [-0.15, -0.1) is 0 Å². The molecule has 0 saturated carbocycles. The molecule has 0 aliphatic carbocycles. The van der Waals surface area contributed by atoms with Crippen LogP contribution in [0.3, 0.4) is 0 Å². The van der Waals surface area contributed by atoms with Crippen LogP contribution in [0.5, 0.6) is 0 Å². The molecule has 5 atom stereocenters. The Morgan fingerprint density at radius 1 is 0.312 bits per heavy atom. The number of ether oxygens (including phenoxy) is 3. The van der Waals surface area contributed by atoms with Gasteiger partial charge in [-0.3, -0.25) is 32.5 Å². The van der Waals surface area contributed by atoms with Gasteiger partial charge in [0.05, 0.1) is 26.4 Å². The molecule has 5 unspecified atom stereocenters. The largest absolute Gasteiger partial charge is 0.472 e. The van der Waals surface area contributed by atoms with Crippen molar-refractivity contribution in [2.45, 2.75) is 283 Å². The highest BCUT2D eigenvalue weighted by Gasteiger charge is 2.29. The number of unbranched alkanes of at least 4 members (excludes halogenated alkanes) is 21. The molecule has 93 heavy (non-hydrogen) atoms. The molecule has 0 aromatic carbocycles. The van der Waals surface area contributed by atoms with Crippen molar-refractivity contribution < 1.29 is 75.8 Å². The molecule has 0 bridgehead atoms. The van der Waals surface area contributed by atoms with E-state index in [0.717, 1.165) is 186 Å². The topological polar surface area (TPSA) is 231 Å². The SMILES string of the molecule is CC/C=C\C/C=C\C/C=C\C/C=C\C/C=C\CCCCCCCCCC(=O)OCC(O)COP(=O)(O)OCC(O)COP(=O)(O)OCC(COC(=O)CCCCCCCC/C=C\C/C=C\C/C=C\CCCCC)OC(=O)CCCCCCC/C=C\C/C=C\C/C=C\CC. The summed E-state index contributed by atoms with van der Waals surface area (Å²) in [6.45, 7) is 2.36. The number of rotatable bonds is 66. The van der Waals surface area contributed by atoms with Gasteiger partial charge in [0.2, 0.25) is 0 Å². The van der Waals surface area contributed by atoms with Gasteiger partial charge in [0.25, 0.3) is 0 Å². The van der Waals surface area contributed by atoms with Crippen molar-refractivity contribution in [3.05, 3.63) is 134 Å². The Morgan fingerprint density at radius 2 is 0.570 bits per heavy atom. The van der Waals surface area contributed by atoms with E-state index in [-0.39, 0.29) is 19.3 Å². The highest BCUT2D eigenvalue weighted by molar-refractivity contribution is 7.47. The lowest BCUT2D eigenvalue weighted by atomic mass is 10.1. The van der Waals surface area contributed by atoms with Crippen molar-refractivity contribution in [3.63, 3.8) is 0 Å². The first-order valence-corrected chi connectivity index (χ1v) is 38.5. The van der Waals surface area contributed by atoms with Crippen LogP contribution < -0.4 is 0 Å². The summed E-state index contributed by atoms with van der Waals surface area (Å²) in [7, 11) is -9.80. The van der Waals surface area contributed by atoms with Crippen molar-refractivity contribution in [2.75, 3.05) is 39.6 Å². The molecule has 16 nitrogen and oxygen atoms in total. The molecular weight excluding hydrogens is 1220 g/mol. The number of phosphoric ester groups is 2. The van der Waals surface area contributed by atoms with Crippen molar-refractivity contribution in [1.82, 2.24) is 0 Å². The fraction of sp³-hybridized carbons (Fsp3) is 0.667. The third kappa shape index (κ3) is 68.9. The number of allylic oxidation sites excluding steroid dienone is 22. The van der Waals surface area contributed by atoms with Crippen LogP contribution in [0.2, 0.25) is 0 Å². The van der Waals surface area contributed by atoms with Gasteiger partial charge in [0.15, 0.2) is 6.10 Å². The molecule has 532 valence electrons. The monoisotopic (exact) mass is 1340 g/mol. The summed E-state index contributed by atoms with van der Waals surface area (Å²) in [6.07, 6.45) is 79.2. The van der Waals surface area contributed by atoms with Crippen LogP contribution in [-0.4, -0.2) is 95.9 Å². The summed E-state index contributed by atoms with van der Waals surface area (Å²) in [5.74, 6) is -1.62. The van der Waals surface area contributed by atoms with Gasteiger partial charge < -0.3 is 34.2 Å². The zero-order chi connectivity index (χ0) is 68.1. The first-order valence-electron chi connectivity index (χ1n) is 35.5. The summed E-state index contributed by atoms with van der Waals surface area (Å²) < 4.78 is 60.9. The Kier molecular flexibility index (Phi) is 64.5. The predicted molar refractivity (Wildman–Crippen MR) is 380 cm³/mol. The van der Waals surface area contributed by atoms with Crippen LogP contribution in [0, 0.1) is 0 Å². The third-order valence-corrected chi connectivity index (χ3v) is 16.2. The van der Waals surface area contributed by atoms with E-state index in [4.69, 9.17) is 32.3 Å². The minimum atomic E-state index is -4.94. The van der Waals surface area contributed by atoms with Gasteiger partial charge in [-0.1, -0.05) is 244 Å². The molecule has 18 heteroatoms. The summed E-state index contributed by atoms with van der Waals surface area (Å²) in [5, 5.41) is 20.6. The average Bonchev–Trinajstić information content (AvgIpc) is 3.74. The average molecular weight is 1350 g/mol. The van der Waals surface area contributed by atoms with Crippen LogP contribution in [0.1, 0.15) is 265 Å². The summed E-state index contributed by atoms with van der Waals surface area (Å²) in [5.41, 5.74) is 0. The molecule has 0 aromatic heterocycles. The molecule has 4 N–H and O–H groups in total. The van der Waals surface area contributed by atoms with E-state index in [0.29, 0.717) is 19.3 Å². The molecule has 0 amide bonds. The maximum absolute atomic E-state index is 12.9. The predicted octanol–water partition coefficient (Wildman–Crippen LogP) is 20.0. The molecule has 0 fully saturated rings. The number of hydrogen-bond donors (Lipinski definition) is 4. The minimum Gasteiger partial charge on any atom is -0.463 e. The second-order valence-electron chi connectivity index (χ2n) is 23.3. The van der Waals surface area contributed by atoms with E-state index in [1.165, 1.54) is 19.3 Å². The van der Waals surface area contributed by atoms with Crippen molar-refractivity contribution in [2.24, 2.45) is 0 Å². The number of aliphatic hydroxyl groups excluding tert-OH is 2. The van der Waals surface area contributed by atoms with Crippen LogP contribution in [0.15, 0.2) is 134 Å². The maximum Gasteiger partial charge on any atom is 0.472 e. The smallest absolute Gasteiger partial charge is 0.463 e. The van der Waals surface area contributed by atoms with Crippen LogP contribution in [-0.2, 0) is 55.8 Å². The molecule has 0 rings (SSSR count). The molecule has 0 heterocycles. The summed E-state index contributed by atoms with van der Waals surface area (Å²) in [4.78, 5) is 58.5. The van der Waals surface area contributed by atoms with Gasteiger partial charge >= 0.3 is 33.6 Å². The molecule has 0 spiro atoms. The standard InChI is InChI=1S/C75H126O16P2/c1-4-7-10-13-16-19-22-25-28-30-32-33-34-35-37-39-41-43-46-49-52-55-58-61-73(78)85-64-70(76)65-87-92(81,82)88-66-71(77)67-89-93(83,84)90-69-72(91-75(80)63-60-57-54-51-48-45-40-27-24-21-18-15-12-9-6-3)68-86-74(79)62-59-56-53-50-47-44-42-38-36-31-29-26-23-20-17-14-11-8-5-2/h7,9-10,12,16-21,25-29,32-33,35-38,40,70-72,76-77H,4-6,8,11,13-15,22-24,30-31,34,39,41-69H2,1-3H3,(H,81,82)(H,83,84)/b10-7-,12-9-,19-16-,20-17-,21-18-,28-25-,29-26-,33-32-,37-35-,38-36-,40-27-. The number of aliphatic hydroxyl groups is 2. The van der Waals surface area contributed by atoms with E-state index >= 15 is 0 Å². The first-order chi connectivity index (χ1) is 45.2. The van der Waals surface area contributed by atoms with Crippen LogP contribution in [0.4, 0.5) is 0 Å². The highest BCUT2D eigenvalue weighted by atomic mass is 31.2. The van der Waals surface area contributed by atoms with Crippen LogP contribution in [0.25, 0.3) is 0 Å². The maximum atomic E-state index is 12.9. The Balaban J connectivity index is 4.67. The summed E-state index contributed by atoms with van der Waals surface area (Å²) in [6, 6.07) is 0. The quantitative estimate of drug-likeness (QED) is 0.0146. The van der Waals surface area contributed by atoms with Gasteiger partial charge in [-0.2, -0.15) is 0 Å². The molecule has 0 aliphatic heterocycles. The Bertz CT molecular complexity index is 2230. The Hall–Kier alpha value is -4.31. The zero-order valence-corrected chi connectivity index (χ0v) is 59.4. The van der Waals surface area contributed by atoms with Crippen molar-refractivity contribution in [3.8, 4) is 0 Å². The van der Waals surface area contributed by atoms with Gasteiger partial charge in [-0.05, 0) is 135 Å². The molecule has 0 saturated heterocycles. The third-order valence-electron chi connectivity index (χ3n) is 14.3. The van der Waals surface area contributed by atoms with Crippen molar-refractivity contribution >= 4 is 33.6 Å². The van der Waals surface area contributed by atoms with Crippen LogP contribution >= 0.6 is 15.6 Å². The summed E-state index contributed by atoms with van der Waals surface area (Å²) >= 11 is 0. The minimum absolute atomic E-state index is 0.0784. The Morgan fingerprint density at radius 3 is 0.903 bits per heavy atom. The molecule has 0 radical (unpaired) electrons. The number of carbonyl (C=O) groups excluding carboxylic acids is 3. The normalized spacial score (nSPS) is 15.0. The first kappa shape index (κ1) is 88.7. The molecule has 0 aromatic rings. The number of hydrogen-bond acceptors (Lipinski definition) is 14. The second-order valence-corrected chi connectivity index (χ2v) is 26.2.